The van der Waals surface area contributed by atoms with E-state index in [1.165, 1.54) is 48.5 Å². The number of nitrogens with one attached hydrogen (secondary N) is 1. The number of carbonyl (C=O) groups is 1. The van der Waals surface area contributed by atoms with E-state index in [0.29, 0.717) is 30.7 Å². The number of piperidine rings is 1. The third-order valence-electron chi connectivity index (χ3n) is 10.7. The zero-order valence-corrected chi connectivity index (χ0v) is 23.1. The lowest BCUT2D eigenvalue weighted by Crippen LogP contribution is -2.74. The minimum Gasteiger partial charge on any atom is -0.381 e. The minimum absolute atomic E-state index is 0.0669. The minimum atomic E-state index is 0.0669. The molecule has 1 aromatic carbocycles. The van der Waals surface area contributed by atoms with Crippen molar-refractivity contribution in [3.05, 3.63) is 53.1 Å². The van der Waals surface area contributed by atoms with E-state index < -0.39 is 0 Å². The van der Waals surface area contributed by atoms with Crippen molar-refractivity contribution in [1.29, 1.82) is 0 Å². The molecule has 2 saturated heterocycles. The normalized spacial score (nSPS) is 32.0. The highest BCUT2D eigenvalue weighted by molar-refractivity contribution is 5.79. The third-order valence-corrected chi connectivity index (χ3v) is 10.7. The number of likely N-dealkylation sites (tertiary alicyclic amines) is 1. The molecule has 1 spiro atoms. The van der Waals surface area contributed by atoms with Gasteiger partial charge in [-0.25, -0.2) is 4.98 Å². The fraction of sp³-hybridized carbons (Fsp3) is 0.677. The molecular formula is C31H43N5O2. The van der Waals surface area contributed by atoms with Crippen LogP contribution in [0.15, 0.2) is 30.3 Å². The second kappa shape index (κ2) is 9.76. The van der Waals surface area contributed by atoms with Crippen LogP contribution >= 0.6 is 0 Å². The van der Waals surface area contributed by atoms with Crippen LogP contribution in [-0.4, -0.2) is 70.7 Å². The molecule has 38 heavy (non-hydrogen) atoms. The molecule has 0 bridgehead atoms. The van der Waals surface area contributed by atoms with Crippen molar-refractivity contribution >= 4 is 5.91 Å². The lowest BCUT2D eigenvalue weighted by atomic mass is 9.53. The summed E-state index contributed by atoms with van der Waals surface area (Å²) in [6.07, 6.45) is 8.99. The van der Waals surface area contributed by atoms with E-state index in [0.717, 1.165) is 51.4 Å². The SMILES string of the molecule is Cc1nc2c(n1C1CC3N(CC[C@H](NC(=O)C4CCOCC4)c4ccccc4)C4CCC43C1)CN(C)CC2. The molecule has 3 aliphatic heterocycles. The van der Waals surface area contributed by atoms with Gasteiger partial charge >= 0.3 is 0 Å². The maximum Gasteiger partial charge on any atom is 0.223 e. The van der Waals surface area contributed by atoms with Crippen LogP contribution in [0.3, 0.4) is 0 Å². The second-order valence-corrected chi connectivity index (χ2v) is 12.7. The van der Waals surface area contributed by atoms with Crippen LogP contribution in [0.5, 0.6) is 0 Å². The number of aromatic nitrogens is 2. The van der Waals surface area contributed by atoms with Gasteiger partial charge < -0.3 is 19.5 Å². The fourth-order valence-electron chi connectivity index (χ4n) is 8.69. The van der Waals surface area contributed by atoms with Gasteiger partial charge in [0.15, 0.2) is 0 Å². The number of benzene rings is 1. The summed E-state index contributed by atoms with van der Waals surface area (Å²) in [5.74, 6) is 1.50. The molecule has 204 valence electrons. The zero-order chi connectivity index (χ0) is 25.9. The van der Waals surface area contributed by atoms with Crippen molar-refractivity contribution in [3.63, 3.8) is 0 Å². The number of fused-ring (bicyclic) bond motifs is 1. The number of nitrogens with zero attached hydrogens (tertiary/aromatic N) is 4. The number of carbonyl (C=O) groups excluding carboxylic acids is 1. The predicted octanol–water partition coefficient (Wildman–Crippen LogP) is 4.02. The zero-order valence-electron chi connectivity index (χ0n) is 23.1. The number of hydrogen-bond acceptors (Lipinski definition) is 5. The largest absolute Gasteiger partial charge is 0.381 e. The summed E-state index contributed by atoms with van der Waals surface area (Å²) in [6.45, 7) is 6.82. The number of hydrogen-bond donors (Lipinski definition) is 1. The molecule has 7 nitrogen and oxygen atoms in total. The van der Waals surface area contributed by atoms with Crippen molar-refractivity contribution < 1.29 is 9.53 Å². The lowest BCUT2D eigenvalue weighted by molar-refractivity contribution is -0.188. The van der Waals surface area contributed by atoms with Gasteiger partial charge in [-0.15, -0.1) is 0 Å². The van der Waals surface area contributed by atoms with Crippen LogP contribution in [0.1, 0.15) is 79.8 Å². The number of likely N-dealkylation sites (N-methyl/N-ethyl adjacent to an activating group) is 1. The molecule has 2 aliphatic carbocycles. The Kier molecular flexibility index (Phi) is 6.37. The van der Waals surface area contributed by atoms with Crippen LogP contribution in [0.4, 0.5) is 0 Å². The summed E-state index contributed by atoms with van der Waals surface area (Å²) in [4.78, 5) is 23.4. The molecule has 5 aliphatic rings. The summed E-state index contributed by atoms with van der Waals surface area (Å²) < 4.78 is 8.12. The molecule has 7 heteroatoms. The number of aryl methyl sites for hydroxylation is 1. The van der Waals surface area contributed by atoms with E-state index in [1.807, 2.05) is 0 Å². The average molecular weight is 518 g/mol. The fourth-order valence-corrected chi connectivity index (χ4v) is 8.69. The van der Waals surface area contributed by atoms with Gasteiger partial charge in [0, 0.05) is 68.7 Å². The lowest BCUT2D eigenvalue weighted by Gasteiger charge is -2.68. The van der Waals surface area contributed by atoms with Crippen molar-refractivity contribution in [2.75, 3.05) is 33.4 Å². The van der Waals surface area contributed by atoms with Crippen LogP contribution in [0.25, 0.3) is 0 Å². The van der Waals surface area contributed by atoms with Crippen molar-refractivity contribution in [1.82, 2.24) is 24.7 Å². The summed E-state index contributed by atoms with van der Waals surface area (Å²) in [5, 5.41) is 3.45. The number of amides is 1. The second-order valence-electron chi connectivity index (χ2n) is 12.7. The molecule has 4 heterocycles. The van der Waals surface area contributed by atoms with Crippen LogP contribution in [0.2, 0.25) is 0 Å². The smallest absolute Gasteiger partial charge is 0.223 e. The molecule has 2 saturated carbocycles. The van der Waals surface area contributed by atoms with E-state index >= 15 is 0 Å². The van der Waals surface area contributed by atoms with Gasteiger partial charge in [0.25, 0.3) is 0 Å². The molecule has 2 aromatic rings. The predicted molar refractivity (Wildman–Crippen MR) is 147 cm³/mol. The van der Waals surface area contributed by atoms with Crippen LogP contribution < -0.4 is 5.32 Å². The highest BCUT2D eigenvalue weighted by Gasteiger charge is 2.69. The maximum atomic E-state index is 13.2. The Labute approximate surface area is 226 Å². The summed E-state index contributed by atoms with van der Waals surface area (Å²) >= 11 is 0. The van der Waals surface area contributed by atoms with Gasteiger partial charge in [-0.2, -0.15) is 0 Å². The highest BCUT2D eigenvalue weighted by atomic mass is 16.5. The average Bonchev–Trinajstić information content (AvgIpc) is 3.47. The van der Waals surface area contributed by atoms with Gasteiger partial charge in [-0.05, 0) is 64.5 Å². The van der Waals surface area contributed by atoms with Gasteiger partial charge in [-0.3, -0.25) is 9.69 Å². The first-order chi connectivity index (χ1) is 18.5. The Balaban J connectivity index is 1.05. The van der Waals surface area contributed by atoms with Crippen molar-refractivity contribution in [2.24, 2.45) is 11.3 Å². The van der Waals surface area contributed by atoms with Gasteiger partial charge in [0.05, 0.1) is 17.4 Å². The Morgan fingerprint density at radius 1 is 1.18 bits per heavy atom. The highest BCUT2D eigenvalue weighted by Crippen LogP contribution is 2.67. The van der Waals surface area contributed by atoms with E-state index in [1.54, 1.807) is 0 Å². The topological polar surface area (TPSA) is 62.6 Å². The standard InChI is InChI=1S/C31H43N5O2/c1-21-32-26-9-14-34(2)20-27(26)36(21)24-18-29-31(19-24)13-8-28(31)35(29)15-10-25(22-6-4-3-5-7-22)33-30(37)23-11-16-38-17-12-23/h3-7,23-25,28-29H,8-20H2,1-2H3,(H,33,37)/t24?,25-,28?,29?,31?/m0/s1. The molecule has 1 N–H and O–H groups in total. The first-order valence-electron chi connectivity index (χ1n) is 15.0. The quantitative estimate of drug-likeness (QED) is 0.601. The first kappa shape index (κ1) is 24.8. The molecule has 1 aromatic heterocycles. The Morgan fingerprint density at radius 3 is 2.76 bits per heavy atom. The number of rotatable bonds is 7. The van der Waals surface area contributed by atoms with Crippen molar-refractivity contribution in [3.8, 4) is 0 Å². The van der Waals surface area contributed by atoms with E-state index in [-0.39, 0.29) is 17.9 Å². The maximum absolute atomic E-state index is 13.2. The van der Waals surface area contributed by atoms with Gasteiger partial charge in [0.1, 0.15) is 5.82 Å². The Morgan fingerprint density at radius 2 is 2.00 bits per heavy atom. The third kappa shape index (κ3) is 4.04. The number of ether oxygens (including phenoxy) is 1. The Bertz CT molecular complexity index is 1170. The molecule has 4 unspecified atom stereocenters. The van der Waals surface area contributed by atoms with Crippen molar-refractivity contribution in [2.45, 2.75) is 89.0 Å². The first-order valence-corrected chi connectivity index (χ1v) is 15.0. The summed E-state index contributed by atoms with van der Waals surface area (Å²) in [6, 6.07) is 12.6. The monoisotopic (exact) mass is 517 g/mol. The molecule has 7 rings (SSSR count). The van der Waals surface area contributed by atoms with Crippen LogP contribution in [0, 0.1) is 18.3 Å². The molecule has 5 atom stereocenters. The van der Waals surface area contributed by atoms with Crippen LogP contribution in [-0.2, 0) is 22.5 Å². The van der Waals surface area contributed by atoms with E-state index in [9.17, 15) is 4.79 Å². The van der Waals surface area contributed by atoms with Gasteiger partial charge in [0.2, 0.25) is 5.91 Å². The molecular weight excluding hydrogens is 474 g/mol. The van der Waals surface area contributed by atoms with E-state index in [4.69, 9.17) is 9.72 Å². The molecule has 0 radical (unpaired) electrons. The Hall–Kier alpha value is -2.22. The molecule has 1 amide bonds. The summed E-state index contributed by atoms with van der Waals surface area (Å²) in [7, 11) is 2.24. The number of imidazole rings is 1. The molecule has 4 fully saturated rings. The summed E-state index contributed by atoms with van der Waals surface area (Å²) in [5.41, 5.74) is 4.55. The van der Waals surface area contributed by atoms with Gasteiger partial charge in [-0.1, -0.05) is 30.3 Å². The van der Waals surface area contributed by atoms with E-state index in [2.05, 4.69) is 64.0 Å².